The Labute approximate surface area is 177 Å². The molecule has 3 heterocycles. The molecule has 1 N–H and O–H groups in total. The van der Waals surface area contributed by atoms with Crippen LogP contribution in [-0.2, 0) is 37.8 Å². The molecule has 3 aromatic rings. The SMILES string of the molecule is Cc1nn(C)c(C)c1CCC(=O)NCc1ccc(N2CCc3ccccc3C2)nc1. The van der Waals surface area contributed by atoms with Gasteiger partial charge in [0.15, 0.2) is 0 Å². The van der Waals surface area contributed by atoms with Gasteiger partial charge in [-0.25, -0.2) is 4.98 Å². The standard InChI is InChI=1S/C24H29N5O/c1-17-22(18(2)28(3)27-17)9-11-24(30)26-15-19-8-10-23(25-14-19)29-13-12-20-6-4-5-7-21(20)16-29/h4-8,10,14H,9,11-13,15-16H2,1-3H3,(H,26,30). The maximum Gasteiger partial charge on any atom is 0.220 e. The maximum absolute atomic E-state index is 12.3. The third-order valence-corrected chi connectivity index (χ3v) is 6.01. The summed E-state index contributed by atoms with van der Waals surface area (Å²) < 4.78 is 1.87. The van der Waals surface area contributed by atoms with Crippen LogP contribution in [0.15, 0.2) is 42.6 Å². The molecule has 4 rings (SSSR count). The largest absolute Gasteiger partial charge is 0.352 e. The molecule has 1 aromatic carbocycles. The lowest BCUT2D eigenvalue weighted by atomic mass is 10.00. The number of hydrogen-bond donors (Lipinski definition) is 1. The molecule has 0 saturated heterocycles. The van der Waals surface area contributed by atoms with Crippen molar-refractivity contribution >= 4 is 11.7 Å². The molecule has 0 spiro atoms. The minimum absolute atomic E-state index is 0.0503. The highest BCUT2D eigenvalue weighted by molar-refractivity contribution is 5.76. The summed E-state index contributed by atoms with van der Waals surface area (Å²) in [6.07, 6.45) is 4.09. The number of amides is 1. The summed E-state index contributed by atoms with van der Waals surface area (Å²) in [7, 11) is 1.94. The van der Waals surface area contributed by atoms with Gasteiger partial charge in [0.05, 0.1) is 5.69 Å². The van der Waals surface area contributed by atoms with Crippen LogP contribution >= 0.6 is 0 Å². The van der Waals surface area contributed by atoms with Crippen molar-refractivity contribution < 1.29 is 4.79 Å². The average molecular weight is 404 g/mol. The fourth-order valence-electron chi connectivity index (χ4n) is 4.11. The van der Waals surface area contributed by atoms with Gasteiger partial charge in [0.2, 0.25) is 5.91 Å². The van der Waals surface area contributed by atoms with E-state index in [2.05, 4.69) is 56.7 Å². The van der Waals surface area contributed by atoms with Gasteiger partial charge in [-0.05, 0) is 55.0 Å². The normalized spacial score (nSPS) is 13.2. The van der Waals surface area contributed by atoms with Crippen molar-refractivity contribution in [2.24, 2.45) is 7.05 Å². The molecular formula is C24H29N5O. The van der Waals surface area contributed by atoms with Gasteiger partial charge in [-0.3, -0.25) is 9.48 Å². The lowest BCUT2D eigenvalue weighted by molar-refractivity contribution is -0.121. The number of nitrogens with zero attached hydrogens (tertiary/aromatic N) is 4. The zero-order chi connectivity index (χ0) is 21.1. The van der Waals surface area contributed by atoms with Crippen LogP contribution in [0.25, 0.3) is 0 Å². The predicted molar refractivity (Wildman–Crippen MR) is 118 cm³/mol. The van der Waals surface area contributed by atoms with Crippen LogP contribution in [0.5, 0.6) is 0 Å². The zero-order valence-corrected chi connectivity index (χ0v) is 18.0. The number of carbonyl (C=O) groups excluding carboxylic acids is 1. The number of carbonyl (C=O) groups is 1. The Kier molecular flexibility index (Phi) is 5.84. The van der Waals surface area contributed by atoms with Crippen LogP contribution in [0.2, 0.25) is 0 Å². The predicted octanol–water partition coefficient (Wildman–Crippen LogP) is 3.24. The Bertz CT molecular complexity index is 1040. The topological polar surface area (TPSA) is 63.1 Å². The number of fused-ring (bicyclic) bond motifs is 1. The zero-order valence-electron chi connectivity index (χ0n) is 18.0. The van der Waals surface area contributed by atoms with Crippen LogP contribution in [0.1, 0.15) is 40.1 Å². The van der Waals surface area contributed by atoms with Crippen LogP contribution in [-0.4, -0.2) is 27.2 Å². The first-order chi connectivity index (χ1) is 14.5. The first kappa shape index (κ1) is 20.1. The van der Waals surface area contributed by atoms with E-state index >= 15 is 0 Å². The Balaban J connectivity index is 1.28. The minimum Gasteiger partial charge on any atom is -0.352 e. The molecule has 2 aromatic heterocycles. The number of nitrogens with one attached hydrogen (secondary N) is 1. The fraction of sp³-hybridized carbons (Fsp3) is 0.375. The van der Waals surface area contributed by atoms with Crippen molar-refractivity contribution in [2.45, 2.75) is 46.2 Å². The third kappa shape index (κ3) is 4.37. The van der Waals surface area contributed by atoms with Crippen LogP contribution in [0, 0.1) is 13.8 Å². The minimum atomic E-state index is 0.0503. The summed E-state index contributed by atoms with van der Waals surface area (Å²) in [5, 5.41) is 7.42. The van der Waals surface area contributed by atoms with Gasteiger partial charge in [-0.2, -0.15) is 5.10 Å². The summed E-state index contributed by atoms with van der Waals surface area (Å²) in [6, 6.07) is 12.7. The van der Waals surface area contributed by atoms with E-state index in [9.17, 15) is 4.79 Å². The summed E-state index contributed by atoms with van der Waals surface area (Å²) in [6.45, 7) is 6.41. The highest BCUT2D eigenvalue weighted by Gasteiger charge is 2.17. The Morgan fingerprint density at radius 3 is 2.63 bits per heavy atom. The van der Waals surface area contributed by atoms with Gasteiger partial charge in [0, 0.05) is 45.0 Å². The number of aryl methyl sites for hydroxylation is 2. The van der Waals surface area contributed by atoms with E-state index in [0.717, 1.165) is 42.3 Å². The molecule has 0 bridgehead atoms. The molecular weight excluding hydrogens is 374 g/mol. The number of aromatic nitrogens is 3. The molecule has 0 fully saturated rings. The van der Waals surface area contributed by atoms with Crippen LogP contribution < -0.4 is 10.2 Å². The molecule has 30 heavy (non-hydrogen) atoms. The molecule has 0 atom stereocenters. The molecule has 1 amide bonds. The summed E-state index contributed by atoms with van der Waals surface area (Å²) in [5.41, 5.74) is 7.12. The van der Waals surface area contributed by atoms with Gasteiger partial charge in [0.25, 0.3) is 0 Å². The second-order valence-electron chi connectivity index (χ2n) is 8.01. The van der Waals surface area contributed by atoms with Crippen LogP contribution in [0.3, 0.4) is 0 Å². The number of hydrogen-bond acceptors (Lipinski definition) is 4. The summed E-state index contributed by atoms with van der Waals surface area (Å²) in [5.74, 6) is 1.04. The smallest absolute Gasteiger partial charge is 0.220 e. The van der Waals surface area contributed by atoms with Crippen molar-refractivity contribution in [3.8, 4) is 0 Å². The van der Waals surface area contributed by atoms with Gasteiger partial charge in [-0.15, -0.1) is 0 Å². The Morgan fingerprint density at radius 2 is 1.93 bits per heavy atom. The van der Waals surface area contributed by atoms with E-state index in [-0.39, 0.29) is 5.91 Å². The molecule has 156 valence electrons. The van der Waals surface area contributed by atoms with Crippen LogP contribution in [0.4, 0.5) is 5.82 Å². The van der Waals surface area contributed by atoms with Crippen molar-refractivity contribution in [1.29, 1.82) is 0 Å². The van der Waals surface area contributed by atoms with E-state index in [1.165, 1.54) is 16.7 Å². The fourth-order valence-corrected chi connectivity index (χ4v) is 4.11. The van der Waals surface area contributed by atoms with Crippen molar-refractivity contribution in [1.82, 2.24) is 20.1 Å². The molecule has 1 aliphatic rings. The van der Waals surface area contributed by atoms with E-state index in [1.54, 1.807) is 0 Å². The van der Waals surface area contributed by atoms with Gasteiger partial charge >= 0.3 is 0 Å². The van der Waals surface area contributed by atoms with E-state index in [0.29, 0.717) is 19.4 Å². The molecule has 0 aliphatic carbocycles. The molecule has 1 aliphatic heterocycles. The van der Waals surface area contributed by atoms with Gasteiger partial charge < -0.3 is 10.2 Å². The number of anilines is 1. The average Bonchev–Trinajstić information content (AvgIpc) is 3.01. The third-order valence-electron chi connectivity index (χ3n) is 6.01. The number of rotatable bonds is 6. The Hall–Kier alpha value is -3.15. The molecule has 0 unspecified atom stereocenters. The van der Waals surface area contributed by atoms with E-state index in [1.807, 2.05) is 31.8 Å². The molecule has 0 radical (unpaired) electrons. The lowest BCUT2D eigenvalue weighted by Crippen LogP contribution is -2.31. The quantitative estimate of drug-likeness (QED) is 0.686. The number of benzene rings is 1. The first-order valence-corrected chi connectivity index (χ1v) is 10.5. The second kappa shape index (κ2) is 8.69. The van der Waals surface area contributed by atoms with E-state index in [4.69, 9.17) is 0 Å². The molecule has 6 nitrogen and oxygen atoms in total. The molecule has 6 heteroatoms. The summed E-state index contributed by atoms with van der Waals surface area (Å²) in [4.78, 5) is 19.2. The monoisotopic (exact) mass is 403 g/mol. The van der Waals surface area contributed by atoms with Crippen molar-refractivity contribution in [2.75, 3.05) is 11.4 Å². The highest BCUT2D eigenvalue weighted by atomic mass is 16.1. The highest BCUT2D eigenvalue weighted by Crippen LogP contribution is 2.23. The lowest BCUT2D eigenvalue weighted by Gasteiger charge is -2.29. The van der Waals surface area contributed by atoms with Gasteiger partial charge in [-0.1, -0.05) is 30.3 Å². The first-order valence-electron chi connectivity index (χ1n) is 10.5. The summed E-state index contributed by atoms with van der Waals surface area (Å²) >= 11 is 0. The van der Waals surface area contributed by atoms with E-state index < -0.39 is 0 Å². The van der Waals surface area contributed by atoms with Gasteiger partial charge in [0.1, 0.15) is 5.82 Å². The van der Waals surface area contributed by atoms with Crippen molar-refractivity contribution in [3.63, 3.8) is 0 Å². The second-order valence-corrected chi connectivity index (χ2v) is 8.01. The Morgan fingerprint density at radius 1 is 1.13 bits per heavy atom. The molecule has 0 saturated carbocycles. The van der Waals surface area contributed by atoms with Crippen molar-refractivity contribution in [3.05, 3.63) is 76.2 Å². The maximum atomic E-state index is 12.3. The number of pyridine rings is 1.